The first-order chi connectivity index (χ1) is 4.04. The summed E-state index contributed by atoms with van der Waals surface area (Å²) in [5.41, 5.74) is 3.05. The van der Waals surface area contributed by atoms with Crippen LogP contribution in [-0.4, -0.2) is 25.0 Å². The van der Waals surface area contributed by atoms with Crippen LogP contribution in [-0.2, 0) is 4.79 Å². The fraction of sp³-hybridized carbons (Fsp3) is 0.500. The van der Waals surface area contributed by atoms with Gasteiger partial charge < -0.3 is 0 Å². The minimum absolute atomic E-state index is 0.139. The normalized spacial score (nSPS) is 9.33. The Morgan fingerprint density at radius 3 is 2.11 bits per heavy atom. The van der Waals surface area contributed by atoms with Crippen LogP contribution >= 0.6 is 0 Å². The number of amides is 1. The molecule has 1 N–H and O–H groups in total. The lowest BCUT2D eigenvalue weighted by molar-refractivity contribution is -0.120. The summed E-state index contributed by atoms with van der Waals surface area (Å²) in [6, 6.07) is 0. The molecule has 0 spiro atoms. The summed E-state index contributed by atoms with van der Waals surface area (Å²) >= 11 is 0. The highest BCUT2D eigenvalue weighted by Crippen LogP contribution is 1.84. The van der Waals surface area contributed by atoms with Crippen molar-refractivity contribution < 1.29 is 4.79 Å². The van der Waals surface area contributed by atoms with Crippen molar-refractivity contribution in [3.05, 3.63) is 12.2 Å². The molecule has 0 unspecified atom stereocenters. The molecule has 0 atom stereocenters. The van der Waals surface area contributed by atoms with Crippen LogP contribution in [0.3, 0.4) is 0 Å². The SMILES string of the molecule is C=C(C)C(=O)NN(C)C. The van der Waals surface area contributed by atoms with Gasteiger partial charge in [0.05, 0.1) is 0 Å². The quantitative estimate of drug-likeness (QED) is 0.424. The predicted octanol–water partition coefficient (Wildman–Crippen LogP) is 0.155. The van der Waals surface area contributed by atoms with Gasteiger partial charge in [0, 0.05) is 19.7 Å². The maximum absolute atomic E-state index is 10.7. The number of nitrogens with one attached hydrogen (secondary N) is 1. The number of hydrazine groups is 1. The maximum Gasteiger partial charge on any atom is 0.260 e. The van der Waals surface area contributed by atoms with E-state index in [-0.39, 0.29) is 5.91 Å². The topological polar surface area (TPSA) is 32.3 Å². The first-order valence-corrected chi connectivity index (χ1v) is 2.68. The molecule has 0 aliphatic rings. The predicted molar refractivity (Wildman–Crippen MR) is 36.6 cm³/mol. The first kappa shape index (κ1) is 8.17. The van der Waals surface area contributed by atoms with Gasteiger partial charge in [-0.2, -0.15) is 0 Å². The van der Waals surface area contributed by atoms with Crippen LogP contribution < -0.4 is 5.43 Å². The van der Waals surface area contributed by atoms with E-state index < -0.39 is 0 Å². The maximum atomic E-state index is 10.7. The lowest BCUT2D eigenvalue weighted by Crippen LogP contribution is -2.36. The summed E-state index contributed by atoms with van der Waals surface area (Å²) in [6.45, 7) is 5.13. The lowest BCUT2D eigenvalue weighted by atomic mass is 10.3. The second-order valence-electron chi connectivity index (χ2n) is 2.12. The van der Waals surface area contributed by atoms with E-state index in [9.17, 15) is 4.79 Å². The highest BCUT2D eigenvalue weighted by molar-refractivity contribution is 5.91. The van der Waals surface area contributed by atoms with Gasteiger partial charge >= 0.3 is 0 Å². The van der Waals surface area contributed by atoms with Gasteiger partial charge in [0.15, 0.2) is 0 Å². The molecule has 0 aromatic rings. The first-order valence-electron chi connectivity index (χ1n) is 2.68. The molecule has 0 bridgehead atoms. The molecular formula is C6H12N2O. The number of rotatable bonds is 2. The highest BCUT2D eigenvalue weighted by Gasteiger charge is 1.99. The molecule has 0 fully saturated rings. The summed E-state index contributed by atoms with van der Waals surface area (Å²) in [5.74, 6) is -0.139. The summed E-state index contributed by atoms with van der Waals surface area (Å²) in [4.78, 5) is 10.7. The van der Waals surface area contributed by atoms with E-state index in [0.717, 1.165) is 0 Å². The van der Waals surface area contributed by atoms with Crippen molar-refractivity contribution >= 4 is 5.91 Å². The summed E-state index contributed by atoms with van der Waals surface area (Å²) in [5, 5.41) is 1.58. The van der Waals surface area contributed by atoms with Gasteiger partial charge in [-0.15, -0.1) is 0 Å². The summed E-state index contributed by atoms with van der Waals surface area (Å²) in [6.07, 6.45) is 0. The van der Waals surface area contributed by atoms with Gasteiger partial charge in [-0.25, -0.2) is 5.01 Å². The van der Waals surface area contributed by atoms with Crippen molar-refractivity contribution in [2.24, 2.45) is 0 Å². The molecule has 1 amide bonds. The van der Waals surface area contributed by atoms with Crippen LogP contribution in [0.15, 0.2) is 12.2 Å². The van der Waals surface area contributed by atoms with E-state index in [4.69, 9.17) is 0 Å². The molecule has 0 aromatic heterocycles. The molecule has 0 saturated heterocycles. The van der Waals surface area contributed by atoms with Crippen molar-refractivity contribution in [2.75, 3.05) is 14.1 Å². The van der Waals surface area contributed by atoms with Crippen LogP contribution in [0.2, 0.25) is 0 Å². The van der Waals surface area contributed by atoms with Crippen LogP contribution in [0.5, 0.6) is 0 Å². The zero-order valence-electron chi connectivity index (χ0n) is 6.06. The van der Waals surface area contributed by atoms with Gasteiger partial charge in [0.1, 0.15) is 0 Å². The molecule has 52 valence electrons. The molecular weight excluding hydrogens is 116 g/mol. The average molecular weight is 128 g/mol. The fourth-order valence-electron chi connectivity index (χ4n) is 0.299. The third-order valence-corrected chi connectivity index (χ3v) is 0.713. The number of carbonyl (C=O) groups is 1. The largest absolute Gasteiger partial charge is 0.286 e. The van der Waals surface area contributed by atoms with Gasteiger partial charge in [-0.05, 0) is 6.92 Å². The second-order valence-corrected chi connectivity index (χ2v) is 2.12. The third-order valence-electron chi connectivity index (χ3n) is 0.713. The van der Waals surface area contributed by atoms with Crippen LogP contribution in [0.1, 0.15) is 6.92 Å². The average Bonchev–Trinajstić information content (AvgIpc) is 1.63. The standard InChI is InChI=1S/C6H12N2O/c1-5(2)6(9)7-8(3)4/h1H2,2-4H3,(H,7,9). The van der Waals surface area contributed by atoms with Crippen molar-refractivity contribution in [3.63, 3.8) is 0 Å². The zero-order chi connectivity index (χ0) is 7.44. The molecule has 0 aromatic carbocycles. The number of carbonyl (C=O) groups excluding carboxylic acids is 1. The van der Waals surface area contributed by atoms with E-state index in [0.29, 0.717) is 5.57 Å². The van der Waals surface area contributed by atoms with Gasteiger partial charge in [-0.3, -0.25) is 10.2 Å². The van der Waals surface area contributed by atoms with Crippen molar-refractivity contribution in [1.82, 2.24) is 10.4 Å². The monoisotopic (exact) mass is 128 g/mol. The van der Waals surface area contributed by atoms with Gasteiger partial charge in [-0.1, -0.05) is 6.58 Å². The highest BCUT2D eigenvalue weighted by atomic mass is 16.2. The van der Waals surface area contributed by atoms with Crippen LogP contribution in [0, 0.1) is 0 Å². The van der Waals surface area contributed by atoms with E-state index in [1.54, 1.807) is 26.0 Å². The Morgan fingerprint density at radius 2 is 2.00 bits per heavy atom. The Kier molecular flexibility index (Phi) is 2.95. The minimum atomic E-state index is -0.139. The summed E-state index contributed by atoms with van der Waals surface area (Å²) < 4.78 is 0. The van der Waals surface area contributed by atoms with E-state index in [2.05, 4.69) is 12.0 Å². The van der Waals surface area contributed by atoms with Crippen molar-refractivity contribution in [2.45, 2.75) is 6.92 Å². The molecule has 3 nitrogen and oxygen atoms in total. The van der Waals surface area contributed by atoms with Crippen LogP contribution in [0.4, 0.5) is 0 Å². The second kappa shape index (κ2) is 3.25. The number of hydrogen-bond donors (Lipinski definition) is 1. The third kappa shape index (κ3) is 3.73. The smallest absolute Gasteiger partial charge is 0.260 e. The number of hydrogen-bond acceptors (Lipinski definition) is 2. The molecule has 0 rings (SSSR count). The van der Waals surface area contributed by atoms with E-state index >= 15 is 0 Å². The summed E-state index contributed by atoms with van der Waals surface area (Å²) in [7, 11) is 3.50. The van der Waals surface area contributed by atoms with Gasteiger partial charge in [0.25, 0.3) is 5.91 Å². The fourth-order valence-corrected chi connectivity index (χ4v) is 0.299. The Labute approximate surface area is 55.3 Å². The van der Waals surface area contributed by atoms with Crippen LogP contribution in [0.25, 0.3) is 0 Å². The molecule has 9 heavy (non-hydrogen) atoms. The Bertz CT molecular complexity index is 129. The molecule has 0 heterocycles. The minimum Gasteiger partial charge on any atom is -0.286 e. The molecule has 0 aliphatic carbocycles. The molecule has 3 heteroatoms. The number of nitrogens with zero attached hydrogens (tertiary/aromatic N) is 1. The zero-order valence-corrected chi connectivity index (χ0v) is 6.06. The van der Waals surface area contributed by atoms with E-state index in [1.807, 2.05) is 0 Å². The molecule has 0 radical (unpaired) electrons. The molecule has 0 saturated carbocycles. The van der Waals surface area contributed by atoms with Gasteiger partial charge in [0.2, 0.25) is 0 Å². The Morgan fingerprint density at radius 1 is 1.56 bits per heavy atom. The Balaban J connectivity index is 3.65. The van der Waals surface area contributed by atoms with Crippen molar-refractivity contribution in [3.8, 4) is 0 Å². The Hall–Kier alpha value is -0.830. The lowest BCUT2D eigenvalue weighted by Gasteiger charge is -2.10. The van der Waals surface area contributed by atoms with Crippen molar-refractivity contribution in [1.29, 1.82) is 0 Å². The van der Waals surface area contributed by atoms with E-state index in [1.165, 1.54) is 0 Å². The molecule has 0 aliphatic heterocycles.